The summed E-state index contributed by atoms with van der Waals surface area (Å²) in [5.74, 6) is -0.116. The lowest BCUT2D eigenvalue weighted by atomic mass is 9.96. The van der Waals surface area contributed by atoms with E-state index in [9.17, 15) is 4.79 Å². The number of piperidine rings is 1. The summed E-state index contributed by atoms with van der Waals surface area (Å²) in [7, 11) is 0. The highest BCUT2D eigenvalue weighted by molar-refractivity contribution is 5.85. The fraction of sp³-hybridized carbons (Fsp3) is 0.438. The Bertz CT molecular complexity index is 596. The molecule has 124 valence electrons. The Balaban J connectivity index is 0.00000192. The summed E-state index contributed by atoms with van der Waals surface area (Å²) in [6, 6.07) is 10.1. The van der Waals surface area contributed by atoms with E-state index < -0.39 is 0 Å². The quantitative estimate of drug-likeness (QED) is 0.920. The molecule has 23 heavy (non-hydrogen) atoms. The number of likely N-dealkylation sites (tertiary alicyclic amines) is 1. The molecule has 1 aliphatic rings. The second-order valence-corrected chi connectivity index (χ2v) is 5.63. The molecule has 1 aromatic heterocycles. The van der Waals surface area contributed by atoms with Crippen LogP contribution in [0.4, 0.5) is 0 Å². The monoisotopic (exact) mass is 335 g/mol. The van der Waals surface area contributed by atoms with E-state index in [1.807, 2.05) is 39.9 Å². The van der Waals surface area contributed by atoms with Crippen LogP contribution in [0.5, 0.6) is 0 Å². The number of carbonyl (C=O) groups excluding carboxylic acids is 1. The van der Waals surface area contributed by atoms with Crippen molar-refractivity contribution in [1.82, 2.24) is 19.7 Å². The van der Waals surface area contributed by atoms with Crippen molar-refractivity contribution in [3.05, 3.63) is 48.5 Å². The molecule has 1 saturated heterocycles. The summed E-state index contributed by atoms with van der Waals surface area (Å²) in [5, 5.41) is 4.19. The van der Waals surface area contributed by atoms with E-state index >= 15 is 0 Å². The highest BCUT2D eigenvalue weighted by Gasteiger charge is 2.29. The van der Waals surface area contributed by atoms with Crippen LogP contribution in [0.15, 0.2) is 43.0 Å². The molecular weight excluding hydrogens is 314 g/mol. The molecule has 0 aliphatic carbocycles. The molecule has 1 amide bonds. The number of benzene rings is 1. The van der Waals surface area contributed by atoms with Gasteiger partial charge in [-0.1, -0.05) is 30.3 Å². The lowest BCUT2D eigenvalue weighted by Gasteiger charge is -2.34. The first-order chi connectivity index (χ1) is 10.8. The van der Waals surface area contributed by atoms with Crippen LogP contribution in [-0.4, -0.2) is 45.2 Å². The predicted octanol–water partition coefficient (Wildman–Crippen LogP) is 1.61. The highest BCUT2D eigenvalue weighted by Crippen LogP contribution is 2.24. The first-order valence-corrected chi connectivity index (χ1v) is 7.67. The van der Waals surface area contributed by atoms with E-state index in [-0.39, 0.29) is 24.2 Å². The van der Waals surface area contributed by atoms with Gasteiger partial charge in [0.2, 0.25) is 5.91 Å². The van der Waals surface area contributed by atoms with E-state index in [0.29, 0.717) is 12.6 Å². The number of rotatable bonds is 4. The van der Waals surface area contributed by atoms with Crippen molar-refractivity contribution in [3.8, 4) is 0 Å². The third kappa shape index (κ3) is 3.89. The Morgan fingerprint density at radius 2 is 1.96 bits per heavy atom. The maximum Gasteiger partial charge on any atom is 0.231 e. The van der Waals surface area contributed by atoms with Crippen molar-refractivity contribution in [3.63, 3.8) is 0 Å². The molecule has 2 heterocycles. The number of halogens is 1. The molecule has 1 atom stereocenters. The molecule has 1 unspecified atom stereocenters. The number of hydrogen-bond acceptors (Lipinski definition) is 4. The van der Waals surface area contributed by atoms with Gasteiger partial charge < -0.3 is 10.6 Å². The van der Waals surface area contributed by atoms with E-state index in [4.69, 9.17) is 5.73 Å². The molecule has 7 heteroatoms. The van der Waals surface area contributed by atoms with Crippen LogP contribution in [0.1, 0.15) is 30.4 Å². The maximum absolute atomic E-state index is 12.7. The Morgan fingerprint density at radius 1 is 1.26 bits per heavy atom. The van der Waals surface area contributed by atoms with E-state index in [1.165, 1.54) is 0 Å². The van der Waals surface area contributed by atoms with Crippen molar-refractivity contribution >= 4 is 18.3 Å². The third-order valence-electron chi connectivity index (χ3n) is 4.32. The van der Waals surface area contributed by atoms with Gasteiger partial charge in [-0.15, -0.1) is 12.4 Å². The average molecular weight is 336 g/mol. The summed E-state index contributed by atoms with van der Waals surface area (Å²) in [6.07, 6.45) is 5.11. The third-order valence-corrected chi connectivity index (χ3v) is 4.32. The molecular formula is C16H22ClN5O. The van der Waals surface area contributed by atoms with Gasteiger partial charge in [-0.05, 0) is 18.4 Å². The molecule has 0 saturated carbocycles. The molecule has 1 aliphatic heterocycles. The van der Waals surface area contributed by atoms with Gasteiger partial charge >= 0.3 is 0 Å². The molecule has 1 aromatic carbocycles. The Labute approximate surface area is 142 Å². The van der Waals surface area contributed by atoms with Gasteiger partial charge in [0.15, 0.2) is 0 Å². The lowest BCUT2D eigenvalue weighted by molar-refractivity contribution is -0.134. The van der Waals surface area contributed by atoms with Crippen LogP contribution >= 0.6 is 12.4 Å². The van der Waals surface area contributed by atoms with Gasteiger partial charge in [-0.25, -0.2) is 9.67 Å². The summed E-state index contributed by atoms with van der Waals surface area (Å²) >= 11 is 0. The summed E-state index contributed by atoms with van der Waals surface area (Å²) in [4.78, 5) is 18.7. The minimum atomic E-state index is -0.246. The van der Waals surface area contributed by atoms with Crippen molar-refractivity contribution in [2.24, 2.45) is 5.73 Å². The minimum absolute atomic E-state index is 0. The Hall–Kier alpha value is -1.92. The molecule has 2 aromatic rings. The van der Waals surface area contributed by atoms with Crippen LogP contribution in [0, 0.1) is 0 Å². The average Bonchev–Trinajstić information content (AvgIpc) is 3.11. The van der Waals surface area contributed by atoms with E-state index in [1.54, 1.807) is 12.7 Å². The minimum Gasteiger partial charge on any atom is -0.342 e. The van der Waals surface area contributed by atoms with Crippen LogP contribution < -0.4 is 5.73 Å². The molecule has 0 radical (unpaired) electrons. The topological polar surface area (TPSA) is 77.0 Å². The summed E-state index contributed by atoms with van der Waals surface area (Å²) < 4.78 is 1.89. The zero-order chi connectivity index (χ0) is 15.4. The summed E-state index contributed by atoms with van der Waals surface area (Å²) in [6.45, 7) is 1.82. The number of nitrogens with two attached hydrogens (primary N) is 1. The van der Waals surface area contributed by atoms with Gasteiger partial charge in [0.25, 0.3) is 0 Å². The standard InChI is InChI=1S/C16H21N5O.ClH/c17-10-15(13-4-2-1-3-5-13)16(22)20-8-6-14(7-9-20)21-12-18-11-19-21;/h1-5,11-12,14-15H,6-10,17H2;1H. The van der Waals surface area contributed by atoms with E-state index in [2.05, 4.69) is 10.1 Å². The smallest absolute Gasteiger partial charge is 0.231 e. The van der Waals surface area contributed by atoms with Crippen molar-refractivity contribution in [2.45, 2.75) is 24.8 Å². The number of amides is 1. The predicted molar refractivity (Wildman–Crippen MR) is 90.4 cm³/mol. The van der Waals surface area contributed by atoms with Gasteiger partial charge in [-0.3, -0.25) is 4.79 Å². The molecule has 2 N–H and O–H groups in total. The van der Waals surface area contributed by atoms with E-state index in [0.717, 1.165) is 31.5 Å². The first kappa shape index (κ1) is 17.4. The fourth-order valence-electron chi connectivity index (χ4n) is 3.04. The zero-order valence-electron chi connectivity index (χ0n) is 12.9. The first-order valence-electron chi connectivity index (χ1n) is 7.67. The second kappa shape index (κ2) is 8.08. The maximum atomic E-state index is 12.7. The Morgan fingerprint density at radius 3 is 2.52 bits per heavy atom. The number of carbonyl (C=O) groups is 1. The van der Waals surface area contributed by atoms with Crippen molar-refractivity contribution in [2.75, 3.05) is 19.6 Å². The van der Waals surface area contributed by atoms with Crippen LogP contribution in [0.25, 0.3) is 0 Å². The molecule has 0 spiro atoms. The molecule has 0 bridgehead atoms. The molecule has 1 fully saturated rings. The van der Waals surface area contributed by atoms with Gasteiger partial charge in [-0.2, -0.15) is 5.10 Å². The van der Waals surface area contributed by atoms with Gasteiger partial charge in [0.1, 0.15) is 12.7 Å². The largest absolute Gasteiger partial charge is 0.342 e. The number of hydrogen-bond donors (Lipinski definition) is 1. The molecule has 6 nitrogen and oxygen atoms in total. The SMILES string of the molecule is Cl.NCC(C(=O)N1CCC(n2cncn2)CC1)c1ccccc1. The highest BCUT2D eigenvalue weighted by atomic mass is 35.5. The zero-order valence-corrected chi connectivity index (χ0v) is 13.7. The Kier molecular flexibility index (Phi) is 6.12. The van der Waals surface area contributed by atoms with Crippen LogP contribution in [0.3, 0.4) is 0 Å². The van der Waals surface area contributed by atoms with Gasteiger partial charge in [0.05, 0.1) is 12.0 Å². The molecule has 3 rings (SSSR count). The summed E-state index contributed by atoms with van der Waals surface area (Å²) in [5.41, 5.74) is 6.84. The number of aromatic nitrogens is 3. The van der Waals surface area contributed by atoms with Gasteiger partial charge in [0, 0.05) is 19.6 Å². The lowest BCUT2D eigenvalue weighted by Crippen LogP contribution is -2.43. The normalized spacial score (nSPS) is 16.7. The van der Waals surface area contributed by atoms with Crippen molar-refractivity contribution in [1.29, 1.82) is 0 Å². The van der Waals surface area contributed by atoms with Crippen LogP contribution in [-0.2, 0) is 4.79 Å². The van der Waals surface area contributed by atoms with Crippen LogP contribution in [0.2, 0.25) is 0 Å². The number of nitrogens with zero attached hydrogens (tertiary/aromatic N) is 4. The second-order valence-electron chi connectivity index (χ2n) is 5.63. The van der Waals surface area contributed by atoms with Crippen molar-refractivity contribution < 1.29 is 4.79 Å². The fourth-order valence-corrected chi connectivity index (χ4v) is 3.04.